The molecule has 1 saturated heterocycles. The van der Waals surface area contributed by atoms with Crippen LogP contribution in [0.25, 0.3) is 0 Å². The van der Waals surface area contributed by atoms with Crippen LogP contribution in [-0.2, 0) is 25.5 Å². The first-order chi connectivity index (χ1) is 17.4. The summed E-state index contributed by atoms with van der Waals surface area (Å²) < 4.78 is 5.62. The van der Waals surface area contributed by atoms with Crippen LogP contribution in [0.15, 0.2) is 30.3 Å². The lowest BCUT2D eigenvalue weighted by Crippen LogP contribution is -2.55. The molecular formula is C29H44N2O5. The normalized spacial score (nSPS) is 22.7. The molecule has 7 nitrogen and oxygen atoms in total. The van der Waals surface area contributed by atoms with Crippen LogP contribution in [-0.4, -0.2) is 58.6 Å². The topological polar surface area (TPSA) is 95.9 Å². The second-order valence-corrected chi connectivity index (χ2v) is 10.5. The van der Waals surface area contributed by atoms with Crippen molar-refractivity contribution >= 4 is 17.8 Å². The van der Waals surface area contributed by atoms with Crippen LogP contribution in [0.3, 0.4) is 0 Å². The molecule has 0 aromatic heterocycles. The molecule has 0 radical (unpaired) electrons. The van der Waals surface area contributed by atoms with Gasteiger partial charge in [0, 0.05) is 6.04 Å². The summed E-state index contributed by atoms with van der Waals surface area (Å²) >= 11 is 0. The first-order valence-corrected chi connectivity index (χ1v) is 13.9. The molecular weight excluding hydrogens is 456 g/mol. The molecule has 1 aromatic rings. The number of carboxylic acids is 1. The molecule has 1 aliphatic carbocycles. The molecule has 5 atom stereocenters. The van der Waals surface area contributed by atoms with Crippen molar-refractivity contribution in [1.29, 1.82) is 0 Å². The second kappa shape index (κ2) is 14.4. The largest absolute Gasteiger partial charge is 0.480 e. The van der Waals surface area contributed by atoms with Crippen molar-refractivity contribution in [1.82, 2.24) is 10.2 Å². The number of ether oxygens (including phenoxy) is 1. The average molecular weight is 501 g/mol. The smallest absolute Gasteiger partial charge is 0.328 e. The van der Waals surface area contributed by atoms with Crippen molar-refractivity contribution in [2.24, 2.45) is 5.92 Å². The van der Waals surface area contributed by atoms with Gasteiger partial charge in [0.1, 0.15) is 12.1 Å². The quantitative estimate of drug-likeness (QED) is 0.267. The molecule has 1 heterocycles. The highest BCUT2D eigenvalue weighted by atomic mass is 16.5. The standard InChI is InChI=1S/C29H44N2O5/c1-3-4-5-6-7-11-19-36-29(35)26-20-23-15-12-16-25(23)31(26)27(32)21(2)30-24(28(33)34)18-17-22-13-9-8-10-14-22/h8-10,13-14,21,23-26,30H,3-7,11-12,15-20H2,1-2H3,(H,33,34)/t21-,23-,24?,25-,26-/m0/s1. The van der Waals surface area contributed by atoms with Crippen LogP contribution in [0, 0.1) is 5.92 Å². The number of fused-ring (bicyclic) bond motifs is 1. The number of nitrogens with one attached hydrogen (secondary N) is 1. The lowest BCUT2D eigenvalue weighted by molar-refractivity contribution is -0.155. The van der Waals surface area contributed by atoms with Crippen LogP contribution < -0.4 is 5.32 Å². The number of amides is 1. The Morgan fingerprint density at radius 2 is 1.81 bits per heavy atom. The van der Waals surface area contributed by atoms with Crippen molar-refractivity contribution in [2.75, 3.05) is 6.61 Å². The van der Waals surface area contributed by atoms with Crippen LogP contribution in [0.1, 0.15) is 90.0 Å². The molecule has 2 fully saturated rings. The number of aliphatic carboxylic acids is 1. The molecule has 1 amide bonds. The van der Waals surface area contributed by atoms with E-state index in [0.717, 1.165) is 44.1 Å². The van der Waals surface area contributed by atoms with Gasteiger partial charge >= 0.3 is 11.9 Å². The zero-order chi connectivity index (χ0) is 25.9. The first kappa shape index (κ1) is 28.2. The predicted molar refractivity (Wildman–Crippen MR) is 139 cm³/mol. The number of esters is 1. The predicted octanol–water partition coefficient (Wildman–Crippen LogP) is 4.72. The number of carboxylic acid groups (broad SMARTS) is 1. The Hall–Kier alpha value is -2.41. The SMILES string of the molecule is CCCCCCCCOC(=O)[C@@H]1C[C@@H]2CCC[C@@H]2N1C(=O)[C@H](C)NC(CCc1ccccc1)C(=O)O. The number of benzene rings is 1. The van der Waals surface area contributed by atoms with Gasteiger partial charge in [0.15, 0.2) is 0 Å². The van der Waals surface area contributed by atoms with Gasteiger partial charge in [-0.05, 0) is 56.9 Å². The highest BCUT2D eigenvalue weighted by Gasteiger charge is 2.50. The van der Waals surface area contributed by atoms with E-state index in [9.17, 15) is 19.5 Å². The zero-order valence-electron chi connectivity index (χ0n) is 22.0. The number of hydrogen-bond donors (Lipinski definition) is 2. The van der Waals surface area contributed by atoms with E-state index in [-0.39, 0.29) is 17.9 Å². The molecule has 36 heavy (non-hydrogen) atoms. The van der Waals surface area contributed by atoms with Crippen molar-refractivity contribution < 1.29 is 24.2 Å². The van der Waals surface area contributed by atoms with Crippen LogP contribution in [0.2, 0.25) is 0 Å². The van der Waals surface area contributed by atoms with Gasteiger partial charge in [-0.15, -0.1) is 0 Å². The van der Waals surface area contributed by atoms with Gasteiger partial charge in [-0.25, -0.2) is 4.79 Å². The minimum absolute atomic E-state index is 0.0425. The number of hydrogen-bond acceptors (Lipinski definition) is 5. The van der Waals surface area contributed by atoms with E-state index in [1.54, 1.807) is 11.8 Å². The lowest BCUT2D eigenvalue weighted by Gasteiger charge is -2.32. The molecule has 1 unspecified atom stereocenters. The van der Waals surface area contributed by atoms with Gasteiger partial charge in [0.05, 0.1) is 12.6 Å². The number of likely N-dealkylation sites (tertiary alicyclic amines) is 1. The number of carbonyl (C=O) groups is 3. The molecule has 200 valence electrons. The minimum Gasteiger partial charge on any atom is -0.480 e. The molecule has 2 aliphatic rings. The lowest BCUT2D eigenvalue weighted by atomic mass is 10.0. The summed E-state index contributed by atoms with van der Waals surface area (Å²) in [7, 11) is 0. The van der Waals surface area contributed by atoms with E-state index in [2.05, 4.69) is 12.2 Å². The highest BCUT2D eigenvalue weighted by molar-refractivity contribution is 5.89. The van der Waals surface area contributed by atoms with Crippen LogP contribution in [0.4, 0.5) is 0 Å². The second-order valence-electron chi connectivity index (χ2n) is 10.5. The van der Waals surface area contributed by atoms with Crippen LogP contribution >= 0.6 is 0 Å². The maximum atomic E-state index is 13.6. The molecule has 0 spiro atoms. The summed E-state index contributed by atoms with van der Waals surface area (Å²) in [6.45, 7) is 4.30. The molecule has 0 bridgehead atoms. The zero-order valence-corrected chi connectivity index (χ0v) is 22.0. The Morgan fingerprint density at radius 1 is 1.08 bits per heavy atom. The van der Waals surface area contributed by atoms with Crippen molar-refractivity contribution in [3.8, 4) is 0 Å². The Bertz CT molecular complexity index is 845. The molecule has 2 N–H and O–H groups in total. The Labute approximate surface area is 216 Å². The molecule has 3 rings (SSSR count). The van der Waals surface area contributed by atoms with Crippen molar-refractivity contribution in [3.05, 3.63) is 35.9 Å². The number of rotatable bonds is 15. The van der Waals surface area contributed by atoms with E-state index in [4.69, 9.17) is 4.74 Å². The van der Waals surface area contributed by atoms with Gasteiger partial charge in [-0.2, -0.15) is 0 Å². The number of aryl methyl sites for hydroxylation is 1. The fraction of sp³-hybridized carbons (Fsp3) is 0.690. The number of unbranched alkanes of at least 4 members (excludes halogenated alkanes) is 5. The monoisotopic (exact) mass is 500 g/mol. The van der Waals surface area contributed by atoms with Gasteiger partial charge < -0.3 is 14.7 Å². The summed E-state index contributed by atoms with van der Waals surface area (Å²) in [4.78, 5) is 40.2. The summed E-state index contributed by atoms with van der Waals surface area (Å²) in [5.41, 5.74) is 1.06. The molecule has 1 aliphatic heterocycles. The fourth-order valence-electron chi connectivity index (χ4n) is 5.80. The van der Waals surface area contributed by atoms with E-state index >= 15 is 0 Å². The summed E-state index contributed by atoms with van der Waals surface area (Å²) in [6.07, 6.45) is 11.3. The third kappa shape index (κ3) is 7.79. The molecule has 1 saturated carbocycles. The third-order valence-electron chi connectivity index (χ3n) is 7.79. The summed E-state index contributed by atoms with van der Waals surface area (Å²) in [6, 6.07) is 7.67. The minimum atomic E-state index is -0.972. The Morgan fingerprint density at radius 3 is 2.53 bits per heavy atom. The van der Waals surface area contributed by atoms with E-state index < -0.39 is 24.1 Å². The maximum Gasteiger partial charge on any atom is 0.328 e. The first-order valence-electron chi connectivity index (χ1n) is 13.9. The van der Waals surface area contributed by atoms with E-state index in [1.165, 1.54) is 19.3 Å². The van der Waals surface area contributed by atoms with Crippen molar-refractivity contribution in [2.45, 2.75) is 115 Å². The summed E-state index contributed by atoms with van der Waals surface area (Å²) in [5, 5.41) is 12.8. The van der Waals surface area contributed by atoms with Gasteiger partial charge in [-0.1, -0.05) is 75.8 Å². The number of nitrogens with zero attached hydrogens (tertiary/aromatic N) is 1. The van der Waals surface area contributed by atoms with Gasteiger partial charge in [0.2, 0.25) is 5.91 Å². The average Bonchev–Trinajstić information content (AvgIpc) is 3.47. The van der Waals surface area contributed by atoms with Crippen LogP contribution in [0.5, 0.6) is 0 Å². The molecule has 7 heteroatoms. The van der Waals surface area contributed by atoms with E-state index in [1.807, 2.05) is 30.3 Å². The van der Waals surface area contributed by atoms with Crippen molar-refractivity contribution in [3.63, 3.8) is 0 Å². The Kier molecular flexibility index (Phi) is 11.2. The Balaban J connectivity index is 1.56. The maximum absolute atomic E-state index is 13.6. The molecule has 1 aromatic carbocycles. The fourth-order valence-corrected chi connectivity index (χ4v) is 5.80. The van der Waals surface area contributed by atoms with Gasteiger partial charge in [-0.3, -0.25) is 14.9 Å². The number of carbonyl (C=O) groups excluding carboxylic acids is 2. The van der Waals surface area contributed by atoms with E-state index in [0.29, 0.717) is 31.8 Å². The van der Waals surface area contributed by atoms with Gasteiger partial charge in [0.25, 0.3) is 0 Å². The highest BCUT2D eigenvalue weighted by Crippen LogP contribution is 2.42. The third-order valence-corrected chi connectivity index (χ3v) is 7.79. The summed E-state index contributed by atoms with van der Waals surface area (Å²) in [5.74, 6) is -1.16.